The lowest BCUT2D eigenvalue weighted by Gasteiger charge is -2.34. The van der Waals surface area contributed by atoms with E-state index in [0.717, 1.165) is 34.5 Å². The minimum atomic E-state index is -4.54. The molecule has 0 bridgehead atoms. The number of hydrogen-bond acceptors (Lipinski definition) is 5. The summed E-state index contributed by atoms with van der Waals surface area (Å²) >= 11 is 1.15. The number of carbonyl (C=O) groups excluding carboxylic acids is 2. The lowest BCUT2D eigenvalue weighted by atomic mass is 9.92. The van der Waals surface area contributed by atoms with Gasteiger partial charge in [0.2, 0.25) is 5.91 Å². The number of amides is 2. The lowest BCUT2D eigenvalue weighted by Crippen LogP contribution is -2.42. The maximum absolute atomic E-state index is 13.2. The highest BCUT2D eigenvalue weighted by Crippen LogP contribution is 2.31. The maximum atomic E-state index is 13.2. The van der Waals surface area contributed by atoms with Gasteiger partial charge in [0.15, 0.2) is 0 Å². The highest BCUT2D eigenvalue weighted by Gasteiger charge is 2.31. The smallest absolute Gasteiger partial charge is 0.337 e. The number of nitrogens with one attached hydrogen (secondary N) is 1. The summed E-state index contributed by atoms with van der Waals surface area (Å²) in [5.74, 6) is -0.0173. The van der Waals surface area contributed by atoms with E-state index in [9.17, 15) is 27.6 Å². The van der Waals surface area contributed by atoms with Crippen LogP contribution in [-0.2, 0) is 17.5 Å². The molecule has 1 aliphatic rings. The van der Waals surface area contributed by atoms with E-state index in [4.69, 9.17) is 0 Å². The molecule has 3 heterocycles. The van der Waals surface area contributed by atoms with Crippen LogP contribution in [0.3, 0.4) is 0 Å². The summed E-state index contributed by atoms with van der Waals surface area (Å²) in [6, 6.07) is 4.25. The first kappa shape index (κ1) is 24.9. The van der Waals surface area contributed by atoms with Crippen molar-refractivity contribution in [2.75, 3.05) is 18.4 Å². The molecule has 1 fully saturated rings. The summed E-state index contributed by atoms with van der Waals surface area (Å²) in [6.07, 6.45) is -2.27. The van der Waals surface area contributed by atoms with Crippen molar-refractivity contribution in [1.82, 2.24) is 14.5 Å². The molecule has 11 heteroatoms. The third-order valence-electron chi connectivity index (χ3n) is 6.06. The number of thiophene rings is 1. The van der Waals surface area contributed by atoms with Crippen molar-refractivity contribution in [3.05, 3.63) is 57.0 Å². The first-order valence-corrected chi connectivity index (χ1v) is 12.0. The van der Waals surface area contributed by atoms with Crippen LogP contribution in [0.15, 0.2) is 35.4 Å². The van der Waals surface area contributed by atoms with E-state index in [1.165, 1.54) is 18.5 Å². The summed E-state index contributed by atoms with van der Waals surface area (Å²) in [5, 5.41) is 2.65. The number of halogens is 3. The molecule has 7 nitrogen and oxygen atoms in total. The molecule has 1 saturated heterocycles. The minimum Gasteiger partial charge on any atom is -0.337 e. The lowest BCUT2D eigenvalue weighted by molar-refractivity contribution is -0.137. The number of benzene rings is 1. The molecule has 4 rings (SSSR count). The van der Waals surface area contributed by atoms with Gasteiger partial charge in [0, 0.05) is 18.8 Å². The molecule has 1 aromatic carbocycles. The molecular weight excluding hydrogens is 481 g/mol. The van der Waals surface area contributed by atoms with Crippen molar-refractivity contribution < 1.29 is 22.8 Å². The van der Waals surface area contributed by atoms with Crippen LogP contribution in [0.5, 0.6) is 0 Å². The third kappa shape index (κ3) is 5.24. The maximum Gasteiger partial charge on any atom is 0.416 e. The van der Waals surface area contributed by atoms with Gasteiger partial charge in [0.05, 0.1) is 22.2 Å². The highest BCUT2D eigenvalue weighted by molar-refractivity contribution is 7.20. The quantitative estimate of drug-likeness (QED) is 0.563. The Balaban J connectivity index is 1.56. The Morgan fingerprint density at radius 1 is 1.20 bits per heavy atom. The van der Waals surface area contributed by atoms with Crippen LogP contribution in [0, 0.1) is 18.8 Å². The van der Waals surface area contributed by atoms with Gasteiger partial charge < -0.3 is 10.2 Å². The normalized spacial score (nSPS) is 18.6. The Kier molecular flexibility index (Phi) is 6.72. The first-order chi connectivity index (χ1) is 16.4. The van der Waals surface area contributed by atoms with E-state index in [1.54, 1.807) is 6.92 Å². The molecule has 3 aromatic rings. The van der Waals surface area contributed by atoms with E-state index in [-0.39, 0.29) is 17.0 Å². The fourth-order valence-electron chi connectivity index (χ4n) is 4.58. The summed E-state index contributed by atoms with van der Waals surface area (Å²) < 4.78 is 39.8. The Labute approximate surface area is 203 Å². The van der Waals surface area contributed by atoms with E-state index in [2.05, 4.69) is 24.1 Å². The van der Waals surface area contributed by atoms with Gasteiger partial charge in [0.25, 0.3) is 11.5 Å². The largest absolute Gasteiger partial charge is 0.416 e. The van der Waals surface area contributed by atoms with Crippen molar-refractivity contribution in [2.45, 2.75) is 39.9 Å². The Morgan fingerprint density at radius 2 is 1.89 bits per heavy atom. The average Bonchev–Trinajstić information content (AvgIpc) is 3.11. The van der Waals surface area contributed by atoms with Crippen LogP contribution < -0.4 is 10.9 Å². The minimum absolute atomic E-state index is 0.0310. The standard InChI is InChI=1S/C24H25F3N4O3S/c1-13-7-14(2)10-30(9-13)23(34)20-15(3)19-21(35-20)28-12-31(22(19)33)11-18(32)29-17-6-4-5-16(8-17)24(25,26)27/h4-6,8,12-14H,7,9-11H2,1-3H3,(H,29,32)/t13-,14+. The van der Waals surface area contributed by atoms with Crippen LogP contribution >= 0.6 is 11.3 Å². The molecule has 2 aromatic heterocycles. The van der Waals surface area contributed by atoms with Gasteiger partial charge >= 0.3 is 6.18 Å². The zero-order valence-corrected chi connectivity index (χ0v) is 20.3. The number of fused-ring (bicyclic) bond motifs is 1. The van der Waals surface area contributed by atoms with E-state index >= 15 is 0 Å². The molecule has 0 spiro atoms. The molecule has 186 valence electrons. The number of nitrogens with zero attached hydrogens (tertiary/aromatic N) is 3. The summed E-state index contributed by atoms with van der Waals surface area (Å²) in [7, 11) is 0. The fraction of sp³-hybridized carbons (Fsp3) is 0.417. The number of piperidine rings is 1. The van der Waals surface area contributed by atoms with Gasteiger partial charge in [-0.05, 0) is 48.9 Å². The van der Waals surface area contributed by atoms with Crippen LogP contribution in [0.4, 0.5) is 18.9 Å². The zero-order chi connectivity index (χ0) is 25.5. The van der Waals surface area contributed by atoms with Crippen LogP contribution in [0.1, 0.15) is 41.1 Å². The SMILES string of the molecule is Cc1c(C(=O)N2C[C@H](C)C[C@H](C)C2)sc2ncn(CC(=O)Nc3cccc(C(F)(F)F)c3)c(=O)c12. The molecule has 2 amide bonds. The second-order valence-corrected chi connectivity index (χ2v) is 10.2. The van der Waals surface area contributed by atoms with Gasteiger partial charge in [0.1, 0.15) is 11.4 Å². The van der Waals surface area contributed by atoms with Gasteiger partial charge in [-0.15, -0.1) is 11.3 Å². The highest BCUT2D eigenvalue weighted by atomic mass is 32.1. The van der Waals surface area contributed by atoms with Crippen LogP contribution in [-0.4, -0.2) is 39.4 Å². The van der Waals surface area contributed by atoms with Crippen molar-refractivity contribution >= 4 is 39.1 Å². The fourth-order valence-corrected chi connectivity index (χ4v) is 5.68. The predicted molar refractivity (Wildman–Crippen MR) is 128 cm³/mol. The van der Waals surface area contributed by atoms with Crippen molar-refractivity contribution in [2.24, 2.45) is 11.8 Å². The monoisotopic (exact) mass is 506 g/mol. The number of alkyl halides is 3. The van der Waals surface area contributed by atoms with Crippen molar-refractivity contribution in [3.63, 3.8) is 0 Å². The van der Waals surface area contributed by atoms with Gasteiger partial charge in [-0.25, -0.2) is 4.98 Å². The van der Waals surface area contributed by atoms with Gasteiger partial charge in [-0.3, -0.25) is 19.0 Å². The molecule has 1 aliphatic heterocycles. The molecule has 35 heavy (non-hydrogen) atoms. The zero-order valence-electron chi connectivity index (χ0n) is 19.5. The first-order valence-electron chi connectivity index (χ1n) is 11.2. The molecule has 1 N–H and O–H groups in total. The second-order valence-electron chi connectivity index (χ2n) is 9.20. The number of likely N-dealkylation sites (tertiary alicyclic amines) is 1. The summed E-state index contributed by atoms with van der Waals surface area (Å²) in [6.45, 7) is 6.79. The van der Waals surface area contributed by atoms with Crippen molar-refractivity contribution in [3.8, 4) is 0 Å². The Bertz CT molecular complexity index is 1340. The number of rotatable bonds is 4. The Hall–Kier alpha value is -3.21. The molecule has 0 saturated carbocycles. The van der Waals surface area contributed by atoms with Crippen molar-refractivity contribution in [1.29, 1.82) is 0 Å². The van der Waals surface area contributed by atoms with Crippen LogP contribution in [0.25, 0.3) is 10.2 Å². The molecule has 2 atom stereocenters. The molecule has 0 aliphatic carbocycles. The van der Waals surface area contributed by atoms with Gasteiger partial charge in [-0.2, -0.15) is 13.2 Å². The van der Waals surface area contributed by atoms with E-state index < -0.39 is 29.8 Å². The second kappa shape index (κ2) is 9.44. The Morgan fingerprint density at radius 3 is 2.54 bits per heavy atom. The summed E-state index contributed by atoms with van der Waals surface area (Å²) in [5.41, 5.74) is -0.885. The number of aromatic nitrogens is 2. The topological polar surface area (TPSA) is 84.3 Å². The third-order valence-corrected chi connectivity index (χ3v) is 7.24. The predicted octanol–water partition coefficient (Wildman–Crippen LogP) is 4.54. The molecule has 0 radical (unpaired) electrons. The van der Waals surface area contributed by atoms with Crippen LogP contribution in [0.2, 0.25) is 0 Å². The van der Waals surface area contributed by atoms with E-state index in [0.29, 0.717) is 40.2 Å². The molecule has 0 unspecified atom stereocenters. The number of carbonyl (C=O) groups is 2. The average molecular weight is 507 g/mol. The number of anilines is 1. The summed E-state index contributed by atoms with van der Waals surface area (Å²) in [4.78, 5) is 45.7. The number of hydrogen-bond donors (Lipinski definition) is 1. The van der Waals surface area contributed by atoms with E-state index in [1.807, 2.05) is 4.90 Å². The van der Waals surface area contributed by atoms with Gasteiger partial charge in [-0.1, -0.05) is 19.9 Å². The molecular formula is C24H25F3N4O3S. The number of aryl methyl sites for hydroxylation is 1.